The highest BCUT2D eigenvalue weighted by molar-refractivity contribution is 5.94. The molecule has 3 heterocycles. The van der Waals surface area contributed by atoms with Crippen LogP contribution in [0.5, 0.6) is 0 Å². The van der Waals surface area contributed by atoms with Gasteiger partial charge in [-0.2, -0.15) is 5.10 Å². The smallest absolute Gasteiger partial charge is 0.272 e. The number of rotatable bonds is 4. The highest BCUT2D eigenvalue weighted by Gasteiger charge is 2.47. The Morgan fingerprint density at radius 2 is 1.90 bits per heavy atom. The zero-order valence-electron chi connectivity index (χ0n) is 16.6. The Bertz CT molecular complexity index is 995. The van der Waals surface area contributed by atoms with Crippen molar-refractivity contribution < 1.29 is 4.79 Å². The first-order valence-electron chi connectivity index (χ1n) is 10.5. The summed E-state index contributed by atoms with van der Waals surface area (Å²) >= 11 is 0. The summed E-state index contributed by atoms with van der Waals surface area (Å²) in [7, 11) is 0. The Balaban J connectivity index is 1.43. The minimum Gasteiger partial charge on any atom is -0.330 e. The Kier molecular flexibility index (Phi) is 4.68. The van der Waals surface area contributed by atoms with E-state index in [0.717, 1.165) is 37.3 Å². The number of fused-ring (bicyclic) bond motifs is 1. The Morgan fingerprint density at radius 1 is 1.10 bits per heavy atom. The molecule has 2 aromatic carbocycles. The topological polar surface area (TPSA) is 61.0 Å². The molecule has 2 aliphatic heterocycles. The highest BCUT2D eigenvalue weighted by Crippen LogP contribution is 2.43. The van der Waals surface area contributed by atoms with Crippen LogP contribution in [0, 0.1) is 11.8 Å². The van der Waals surface area contributed by atoms with Crippen LogP contribution in [0.3, 0.4) is 0 Å². The summed E-state index contributed by atoms with van der Waals surface area (Å²) in [5, 5.41) is 10.9. The summed E-state index contributed by atoms with van der Waals surface area (Å²) in [6.45, 7) is 4.88. The van der Waals surface area contributed by atoms with Crippen molar-refractivity contribution in [2.45, 2.75) is 19.4 Å². The lowest BCUT2D eigenvalue weighted by Crippen LogP contribution is -2.34. The van der Waals surface area contributed by atoms with E-state index in [9.17, 15) is 4.79 Å². The number of nitrogens with one attached hydrogen (secondary N) is 2. The normalized spacial score (nSPS) is 23.3. The van der Waals surface area contributed by atoms with Crippen LogP contribution in [-0.2, 0) is 6.42 Å². The van der Waals surface area contributed by atoms with Crippen LogP contribution in [0.15, 0.2) is 60.7 Å². The van der Waals surface area contributed by atoms with E-state index in [1.54, 1.807) is 0 Å². The molecule has 3 atom stereocenters. The number of hydrogen-bond acceptors (Lipinski definition) is 3. The van der Waals surface area contributed by atoms with Crippen molar-refractivity contribution in [3.8, 4) is 11.3 Å². The second-order valence-corrected chi connectivity index (χ2v) is 8.11. The van der Waals surface area contributed by atoms with Crippen molar-refractivity contribution in [3.63, 3.8) is 0 Å². The molecule has 2 aliphatic rings. The summed E-state index contributed by atoms with van der Waals surface area (Å²) in [6.07, 6.45) is 1.01. The SMILES string of the molecule is CCc1ccc(-c2cc(C(=O)N3C[C@@H]4CNC[C@@H]4[C@H]3c3ccccc3)[nH]n2)cc1. The summed E-state index contributed by atoms with van der Waals surface area (Å²) in [5.41, 5.74) is 4.91. The third-order valence-electron chi connectivity index (χ3n) is 6.43. The lowest BCUT2D eigenvalue weighted by Gasteiger charge is -2.28. The maximum atomic E-state index is 13.4. The average Bonchev–Trinajstić information content (AvgIpc) is 3.50. The quantitative estimate of drug-likeness (QED) is 0.719. The van der Waals surface area contributed by atoms with Gasteiger partial charge in [0.1, 0.15) is 5.69 Å². The summed E-state index contributed by atoms with van der Waals surface area (Å²) in [5.74, 6) is 1.01. The van der Waals surface area contributed by atoms with Crippen molar-refractivity contribution in [1.82, 2.24) is 20.4 Å². The maximum absolute atomic E-state index is 13.4. The molecule has 1 aromatic heterocycles. The predicted molar refractivity (Wildman–Crippen MR) is 113 cm³/mol. The maximum Gasteiger partial charge on any atom is 0.272 e. The van der Waals surface area contributed by atoms with E-state index in [1.165, 1.54) is 11.1 Å². The van der Waals surface area contributed by atoms with Gasteiger partial charge >= 0.3 is 0 Å². The predicted octanol–water partition coefficient (Wildman–Crippen LogP) is 3.67. The monoisotopic (exact) mass is 386 g/mol. The molecule has 148 valence electrons. The molecule has 0 bridgehead atoms. The molecular formula is C24H26N4O. The van der Waals surface area contributed by atoms with Crippen molar-refractivity contribution in [1.29, 1.82) is 0 Å². The van der Waals surface area contributed by atoms with Gasteiger partial charge in [0.2, 0.25) is 0 Å². The van der Waals surface area contributed by atoms with Gasteiger partial charge in [0.25, 0.3) is 5.91 Å². The standard InChI is InChI=1S/C24H26N4O/c1-2-16-8-10-17(11-9-16)21-12-22(27-26-21)24(29)28-15-19-13-25-14-20(19)23(28)18-6-4-3-5-7-18/h3-12,19-20,23,25H,2,13-15H2,1H3,(H,26,27)/t19-,20-,23+/m0/s1. The summed E-state index contributed by atoms with van der Waals surface area (Å²) in [6, 6.07) is 20.8. The van der Waals surface area contributed by atoms with E-state index in [2.05, 4.69) is 71.0 Å². The molecule has 0 radical (unpaired) electrons. The number of aryl methyl sites for hydroxylation is 1. The van der Waals surface area contributed by atoms with E-state index in [4.69, 9.17) is 0 Å². The second-order valence-electron chi connectivity index (χ2n) is 8.11. The summed E-state index contributed by atoms with van der Waals surface area (Å²) in [4.78, 5) is 15.5. The van der Waals surface area contributed by atoms with Gasteiger partial charge in [-0.25, -0.2) is 0 Å². The van der Waals surface area contributed by atoms with Crippen LogP contribution in [0.2, 0.25) is 0 Å². The van der Waals surface area contributed by atoms with Crippen LogP contribution < -0.4 is 5.32 Å². The molecule has 5 rings (SSSR count). The number of aromatic nitrogens is 2. The van der Waals surface area contributed by atoms with Gasteiger partial charge in [-0.1, -0.05) is 61.5 Å². The first-order valence-corrected chi connectivity index (χ1v) is 10.5. The number of carbonyl (C=O) groups is 1. The first-order chi connectivity index (χ1) is 14.2. The van der Waals surface area contributed by atoms with Crippen molar-refractivity contribution in [2.75, 3.05) is 19.6 Å². The van der Waals surface area contributed by atoms with Crippen molar-refractivity contribution in [2.24, 2.45) is 11.8 Å². The number of likely N-dealkylation sites (tertiary alicyclic amines) is 1. The van der Waals surface area contributed by atoms with E-state index >= 15 is 0 Å². The van der Waals surface area contributed by atoms with Gasteiger partial charge in [0.05, 0.1) is 11.7 Å². The second kappa shape index (κ2) is 7.48. The molecule has 5 nitrogen and oxygen atoms in total. The number of carbonyl (C=O) groups excluding carboxylic acids is 1. The average molecular weight is 386 g/mol. The van der Waals surface area contributed by atoms with E-state index < -0.39 is 0 Å². The Labute approximate surface area is 171 Å². The summed E-state index contributed by atoms with van der Waals surface area (Å²) < 4.78 is 0. The van der Waals surface area contributed by atoms with Crippen LogP contribution in [0.1, 0.15) is 34.6 Å². The Hall–Kier alpha value is -2.92. The largest absolute Gasteiger partial charge is 0.330 e. The molecular weight excluding hydrogens is 360 g/mol. The van der Waals surface area contributed by atoms with E-state index in [-0.39, 0.29) is 11.9 Å². The van der Waals surface area contributed by atoms with Crippen LogP contribution in [-0.4, -0.2) is 40.6 Å². The fourth-order valence-corrected chi connectivity index (χ4v) is 4.85. The molecule has 5 heteroatoms. The molecule has 0 spiro atoms. The number of nitrogens with zero attached hydrogens (tertiary/aromatic N) is 2. The lowest BCUT2D eigenvalue weighted by atomic mass is 9.89. The van der Waals surface area contributed by atoms with E-state index in [0.29, 0.717) is 17.5 Å². The third kappa shape index (κ3) is 3.25. The van der Waals surface area contributed by atoms with Gasteiger partial charge in [-0.3, -0.25) is 9.89 Å². The van der Waals surface area contributed by atoms with Gasteiger partial charge in [0.15, 0.2) is 0 Å². The van der Waals surface area contributed by atoms with Crippen LogP contribution >= 0.6 is 0 Å². The number of aromatic amines is 1. The van der Waals surface area contributed by atoms with Crippen LogP contribution in [0.25, 0.3) is 11.3 Å². The number of hydrogen-bond donors (Lipinski definition) is 2. The zero-order valence-corrected chi connectivity index (χ0v) is 16.6. The minimum absolute atomic E-state index is 0.0391. The van der Waals surface area contributed by atoms with Crippen LogP contribution in [0.4, 0.5) is 0 Å². The number of benzene rings is 2. The van der Waals surface area contributed by atoms with Crippen molar-refractivity contribution in [3.05, 3.63) is 77.5 Å². The fraction of sp³-hybridized carbons (Fsp3) is 0.333. The fourth-order valence-electron chi connectivity index (χ4n) is 4.85. The van der Waals surface area contributed by atoms with Gasteiger partial charge in [-0.15, -0.1) is 0 Å². The zero-order chi connectivity index (χ0) is 19.8. The molecule has 2 fully saturated rings. The van der Waals surface area contributed by atoms with Gasteiger partial charge in [-0.05, 0) is 29.5 Å². The molecule has 2 N–H and O–H groups in total. The molecule has 0 saturated carbocycles. The molecule has 0 aliphatic carbocycles. The highest BCUT2D eigenvalue weighted by atomic mass is 16.2. The molecule has 1 amide bonds. The third-order valence-corrected chi connectivity index (χ3v) is 6.43. The lowest BCUT2D eigenvalue weighted by molar-refractivity contribution is 0.0708. The van der Waals surface area contributed by atoms with E-state index in [1.807, 2.05) is 17.0 Å². The molecule has 29 heavy (non-hydrogen) atoms. The van der Waals surface area contributed by atoms with Gasteiger partial charge < -0.3 is 10.2 Å². The van der Waals surface area contributed by atoms with Crippen molar-refractivity contribution >= 4 is 5.91 Å². The number of amides is 1. The molecule has 2 saturated heterocycles. The van der Waals surface area contributed by atoms with Gasteiger partial charge in [0, 0.05) is 31.1 Å². The molecule has 0 unspecified atom stereocenters. The Morgan fingerprint density at radius 3 is 2.66 bits per heavy atom. The minimum atomic E-state index is 0.0391. The number of H-pyrrole nitrogens is 1. The molecule has 3 aromatic rings. The first kappa shape index (κ1) is 18.1.